The summed E-state index contributed by atoms with van der Waals surface area (Å²) in [6.07, 6.45) is -4.30. The third-order valence-electron chi connectivity index (χ3n) is 3.57. The Morgan fingerprint density at radius 3 is 2.19 bits per heavy atom. The smallest absolute Gasteiger partial charge is 0.406 e. The SMILES string of the molecule is CN(Cc1ccc(OC(F)(F)F)cc1)C(=O)[C@@H](N)Cc1ccccc1.Cl. The Labute approximate surface area is 156 Å². The van der Waals surface area contributed by atoms with E-state index in [1.165, 1.54) is 29.2 Å². The highest BCUT2D eigenvalue weighted by atomic mass is 35.5. The Morgan fingerprint density at radius 2 is 1.65 bits per heavy atom. The molecular formula is C18H20ClF3N2O2. The van der Waals surface area contributed by atoms with Crippen LogP contribution < -0.4 is 10.5 Å². The molecule has 2 aromatic rings. The molecule has 0 fully saturated rings. The van der Waals surface area contributed by atoms with E-state index >= 15 is 0 Å². The minimum Gasteiger partial charge on any atom is -0.406 e. The Bertz CT molecular complexity index is 694. The van der Waals surface area contributed by atoms with E-state index in [1.54, 1.807) is 7.05 Å². The van der Waals surface area contributed by atoms with Crippen LogP contribution in [0.25, 0.3) is 0 Å². The molecule has 2 rings (SSSR count). The number of nitrogens with two attached hydrogens (primary N) is 1. The van der Waals surface area contributed by atoms with Gasteiger partial charge < -0.3 is 15.4 Å². The van der Waals surface area contributed by atoms with Crippen molar-refractivity contribution in [3.8, 4) is 5.75 Å². The molecule has 2 aromatic carbocycles. The Balaban J connectivity index is 0.00000338. The molecule has 0 heterocycles. The number of benzene rings is 2. The van der Waals surface area contributed by atoms with Gasteiger partial charge in [-0.2, -0.15) is 0 Å². The predicted molar refractivity (Wildman–Crippen MR) is 95.0 cm³/mol. The average Bonchev–Trinajstić information content (AvgIpc) is 2.55. The van der Waals surface area contributed by atoms with E-state index in [1.807, 2.05) is 30.3 Å². The molecule has 0 unspecified atom stereocenters. The standard InChI is InChI=1S/C18H19F3N2O2.ClH/c1-23(17(24)16(22)11-13-5-3-2-4-6-13)12-14-7-9-15(10-8-14)25-18(19,20)21;/h2-10,16H,11-12,22H2,1H3;1H/t16-;/m0./s1. The summed E-state index contributed by atoms with van der Waals surface area (Å²) in [6.45, 7) is 0.244. The first-order chi connectivity index (χ1) is 11.7. The predicted octanol–water partition coefficient (Wildman–Crippen LogP) is 3.54. The molecule has 0 aliphatic heterocycles. The third-order valence-corrected chi connectivity index (χ3v) is 3.57. The second-order valence-corrected chi connectivity index (χ2v) is 5.68. The van der Waals surface area contributed by atoms with Gasteiger partial charge in [0.15, 0.2) is 0 Å². The van der Waals surface area contributed by atoms with E-state index in [0.717, 1.165) is 5.56 Å². The highest BCUT2D eigenvalue weighted by Gasteiger charge is 2.31. The number of amides is 1. The van der Waals surface area contributed by atoms with Gasteiger partial charge in [0.1, 0.15) is 5.75 Å². The van der Waals surface area contributed by atoms with Crippen molar-refractivity contribution < 1.29 is 22.7 Å². The van der Waals surface area contributed by atoms with Crippen LogP contribution in [0.2, 0.25) is 0 Å². The average molecular weight is 389 g/mol. The van der Waals surface area contributed by atoms with Crippen LogP contribution in [0, 0.1) is 0 Å². The molecule has 142 valence electrons. The number of rotatable bonds is 6. The third kappa shape index (κ3) is 6.93. The summed E-state index contributed by atoms with van der Waals surface area (Å²) >= 11 is 0. The number of ether oxygens (including phenoxy) is 1. The number of carbonyl (C=O) groups is 1. The maximum atomic E-state index is 12.3. The van der Waals surface area contributed by atoms with E-state index in [9.17, 15) is 18.0 Å². The minimum absolute atomic E-state index is 0. The van der Waals surface area contributed by atoms with E-state index in [0.29, 0.717) is 12.0 Å². The van der Waals surface area contributed by atoms with Gasteiger partial charge >= 0.3 is 6.36 Å². The van der Waals surface area contributed by atoms with Gasteiger partial charge in [0.25, 0.3) is 0 Å². The highest BCUT2D eigenvalue weighted by Crippen LogP contribution is 2.23. The van der Waals surface area contributed by atoms with Gasteiger partial charge in [0, 0.05) is 13.6 Å². The van der Waals surface area contributed by atoms with Gasteiger partial charge in [-0.25, -0.2) is 0 Å². The normalized spacial score (nSPS) is 12.0. The summed E-state index contributed by atoms with van der Waals surface area (Å²) in [6, 6.07) is 14.1. The van der Waals surface area contributed by atoms with E-state index in [2.05, 4.69) is 4.74 Å². The minimum atomic E-state index is -4.72. The van der Waals surface area contributed by atoms with Gasteiger partial charge in [-0.1, -0.05) is 42.5 Å². The molecule has 2 N–H and O–H groups in total. The van der Waals surface area contributed by atoms with E-state index in [-0.39, 0.29) is 30.6 Å². The molecule has 1 amide bonds. The lowest BCUT2D eigenvalue weighted by atomic mass is 10.1. The Hall–Kier alpha value is -2.25. The van der Waals surface area contributed by atoms with Crippen LogP contribution in [0.3, 0.4) is 0 Å². The zero-order chi connectivity index (χ0) is 18.4. The Kier molecular flexibility index (Phi) is 7.92. The topological polar surface area (TPSA) is 55.6 Å². The van der Waals surface area contributed by atoms with Crippen molar-refractivity contribution in [2.75, 3.05) is 7.05 Å². The van der Waals surface area contributed by atoms with Crippen LogP contribution in [0.15, 0.2) is 54.6 Å². The lowest BCUT2D eigenvalue weighted by Crippen LogP contribution is -2.42. The Morgan fingerprint density at radius 1 is 1.08 bits per heavy atom. The zero-order valence-electron chi connectivity index (χ0n) is 14.1. The molecule has 26 heavy (non-hydrogen) atoms. The number of nitrogens with zero attached hydrogens (tertiary/aromatic N) is 1. The van der Waals surface area contributed by atoms with Crippen LogP contribution in [-0.2, 0) is 17.8 Å². The van der Waals surface area contributed by atoms with Crippen molar-refractivity contribution in [1.82, 2.24) is 4.90 Å². The van der Waals surface area contributed by atoms with Crippen LogP contribution in [0.4, 0.5) is 13.2 Å². The monoisotopic (exact) mass is 388 g/mol. The fourth-order valence-electron chi connectivity index (χ4n) is 2.39. The quantitative estimate of drug-likeness (QED) is 0.823. The molecule has 0 saturated heterocycles. The van der Waals surface area contributed by atoms with E-state index in [4.69, 9.17) is 5.73 Å². The molecule has 0 radical (unpaired) electrons. The first-order valence-corrected chi connectivity index (χ1v) is 7.64. The van der Waals surface area contributed by atoms with Gasteiger partial charge in [-0.15, -0.1) is 25.6 Å². The number of hydrogen-bond donors (Lipinski definition) is 1. The molecule has 0 aliphatic carbocycles. The van der Waals surface area contributed by atoms with Crippen molar-refractivity contribution in [2.24, 2.45) is 5.73 Å². The molecule has 0 aliphatic rings. The number of halogens is 4. The number of likely N-dealkylation sites (N-methyl/N-ethyl adjacent to an activating group) is 1. The number of carbonyl (C=O) groups excluding carboxylic acids is 1. The number of hydrogen-bond acceptors (Lipinski definition) is 3. The maximum Gasteiger partial charge on any atom is 0.573 e. The van der Waals surface area contributed by atoms with Gasteiger partial charge in [0.05, 0.1) is 6.04 Å². The van der Waals surface area contributed by atoms with Crippen molar-refractivity contribution in [3.05, 3.63) is 65.7 Å². The number of alkyl halides is 3. The van der Waals surface area contributed by atoms with Gasteiger partial charge in [-0.05, 0) is 29.7 Å². The molecular weight excluding hydrogens is 369 g/mol. The lowest BCUT2D eigenvalue weighted by Gasteiger charge is -2.21. The molecule has 4 nitrogen and oxygen atoms in total. The van der Waals surface area contributed by atoms with Crippen LogP contribution in [0.1, 0.15) is 11.1 Å². The fraction of sp³-hybridized carbons (Fsp3) is 0.278. The molecule has 0 bridgehead atoms. The van der Waals surface area contributed by atoms with Crippen LogP contribution >= 0.6 is 12.4 Å². The summed E-state index contributed by atoms with van der Waals surface area (Å²) < 4.78 is 40.2. The summed E-state index contributed by atoms with van der Waals surface area (Å²) in [5.74, 6) is -0.537. The van der Waals surface area contributed by atoms with Crippen molar-refractivity contribution >= 4 is 18.3 Å². The molecule has 8 heteroatoms. The van der Waals surface area contributed by atoms with Crippen molar-refractivity contribution in [3.63, 3.8) is 0 Å². The van der Waals surface area contributed by atoms with Gasteiger partial charge in [-0.3, -0.25) is 4.79 Å². The second kappa shape index (κ2) is 9.45. The fourth-order valence-corrected chi connectivity index (χ4v) is 2.39. The van der Waals surface area contributed by atoms with Gasteiger partial charge in [0.2, 0.25) is 5.91 Å². The molecule has 0 aromatic heterocycles. The zero-order valence-corrected chi connectivity index (χ0v) is 14.9. The first-order valence-electron chi connectivity index (χ1n) is 7.64. The summed E-state index contributed by atoms with van der Waals surface area (Å²) in [5.41, 5.74) is 7.60. The molecule has 1 atom stereocenters. The molecule has 0 spiro atoms. The van der Waals surface area contributed by atoms with Crippen molar-refractivity contribution in [2.45, 2.75) is 25.4 Å². The summed E-state index contributed by atoms with van der Waals surface area (Å²) in [4.78, 5) is 13.8. The largest absolute Gasteiger partial charge is 0.573 e. The second-order valence-electron chi connectivity index (χ2n) is 5.68. The van der Waals surface area contributed by atoms with Crippen molar-refractivity contribution in [1.29, 1.82) is 0 Å². The lowest BCUT2D eigenvalue weighted by molar-refractivity contribution is -0.274. The molecule has 0 saturated carbocycles. The highest BCUT2D eigenvalue weighted by molar-refractivity contribution is 5.85. The summed E-state index contributed by atoms with van der Waals surface area (Å²) in [7, 11) is 1.60. The first kappa shape index (κ1) is 21.8. The summed E-state index contributed by atoms with van der Waals surface area (Å²) in [5, 5.41) is 0. The maximum absolute atomic E-state index is 12.3. The van der Waals surface area contributed by atoms with E-state index < -0.39 is 12.4 Å². The van der Waals surface area contributed by atoms with Crippen LogP contribution in [0.5, 0.6) is 5.75 Å². The van der Waals surface area contributed by atoms with Crippen LogP contribution in [-0.4, -0.2) is 30.3 Å².